The fourth-order valence-corrected chi connectivity index (χ4v) is 3.17. The van der Waals surface area contributed by atoms with E-state index in [-0.39, 0.29) is 10.5 Å². The lowest BCUT2D eigenvalue weighted by molar-refractivity contribution is -0.123. The van der Waals surface area contributed by atoms with Crippen molar-refractivity contribution in [2.24, 2.45) is 5.73 Å². The Labute approximate surface area is 141 Å². The number of carbonyl (C=O) groups is 1. The van der Waals surface area contributed by atoms with Gasteiger partial charge in [-0.1, -0.05) is 24.3 Å². The van der Waals surface area contributed by atoms with Gasteiger partial charge in [0.15, 0.2) is 17.7 Å². The highest BCUT2D eigenvalue weighted by Gasteiger charge is 2.40. The number of benzene rings is 2. The van der Waals surface area contributed by atoms with Crippen molar-refractivity contribution >= 4 is 15.9 Å². The molecule has 0 fully saturated rings. The molecular weight excluding hydrogens is 356 g/mol. The lowest BCUT2D eigenvalue weighted by Gasteiger charge is -2.10. The Bertz CT molecular complexity index is 973. The third-order valence-corrected chi connectivity index (χ3v) is 4.64. The van der Waals surface area contributed by atoms with Crippen LogP contribution in [-0.4, -0.2) is 14.2 Å². The van der Waals surface area contributed by atoms with Crippen LogP contribution in [0.1, 0.15) is 11.7 Å². The Morgan fingerprint density at radius 3 is 2.36 bits per heavy atom. The number of halogens is 2. The minimum Gasteiger partial charge on any atom is -0.460 e. The molecule has 2 aromatic carbocycles. The lowest BCUT2D eigenvalue weighted by atomic mass is 10.1. The van der Waals surface area contributed by atoms with Gasteiger partial charge in [-0.05, 0) is 24.3 Å². The van der Waals surface area contributed by atoms with E-state index in [2.05, 4.69) is 0 Å². The van der Waals surface area contributed by atoms with Gasteiger partial charge in [-0.3, -0.25) is 4.79 Å². The van der Waals surface area contributed by atoms with Crippen LogP contribution in [0.2, 0.25) is 0 Å². The molecule has 1 unspecified atom stereocenters. The van der Waals surface area contributed by atoms with E-state index in [1.165, 1.54) is 24.3 Å². The van der Waals surface area contributed by atoms with Gasteiger partial charge in [0.1, 0.15) is 4.90 Å². The van der Waals surface area contributed by atoms with Gasteiger partial charge in [-0.25, -0.2) is 8.78 Å². The zero-order valence-electron chi connectivity index (χ0n) is 12.5. The quantitative estimate of drug-likeness (QED) is 0.832. The van der Waals surface area contributed by atoms with E-state index in [9.17, 15) is 22.0 Å². The minimum absolute atomic E-state index is 0.0254. The van der Waals surface area contributed by atoms with E-state index in [0.717, 1.165) is 18.2 Å². The van der Waals surface area contributed by atoms with Crippen LogP contribution in [0.15, 0.2) is 65.1 Å². The molecule has 25 heavy (non-hydrogen) atoms. The second-order valence-electron chi connectivity index (χ2n) is 5.08. The normalized spacial score (nSPS) is 17.5. The molecule has 0 amide bonds. The summed E-state index contributed by atoms with van der Waals surface area (Å²) in [5.74, 6) is -4.46. The summed E-state index contributed by atoms with van der Waals surface area (Å²) in [6.07, 6.45) is -1.42. The van der Waals surface area contributed by atoms with E-state index in [4.69, 9.17) is 14.7 Å². The van der Waals surface area contributed by atoms with Crippen LogP contribution in [0.3, 0.4) is 0 Å². The van der Waals surface area contributed by atoms with E-state index < -0.39 is 45.3 Å². The molecule has 0 spiro atoms. The van der Waals surface area contributed by atoms with Crippen LogP contribution in [0.5, 0.6) is 0 Å². The summed E-state index contributed by atoms with van der Waals surface area (Å²) in [5, 5.41) is 0. The molecule has 1 aliphatic rings. The predicted molar refractivity (Wildman–Crippen MR) is 81.1 cm³/mol. The number of ether oxygens (including phenoxy) is 1. The summed E-state index contributed by atoms with van der Waals surface area (Å²) in [6.45, 7) is 0. The molecule has 9 heteroatoms. The predicted octanol–water partition coefficient (Wildman–Crippen LogP) is 2.14. The Morgan fingerprint density at radius 2 is 1.72 bits per heavy atom. The van der Waals surface area contributed by atoms with Crippen molar-refractivity contribution in [3.05, 3.63) is 77.4 Å². The van der Waals surface area contributed by atoms with E-state index in [1.807, 2.05) is 0 Å². The average molecular weight is 367 g/mol. The van der Waals surface area contributed by atoms with Crippen LogP contribution in [0.4, 0.5) is 8.78 Å². The third-order valence-electron chi connectivity index (χ3n) is 3.40. The highest BCUT2D eigenvalue weighted by molar-refractivity contribution is 7.86. The molecule has 0 saturated carbocycles. The molecule has 0 saturated heterocycles. The fourth-order valence-electron chi connectivity index (χ4n) is 2.20. The molecule has 0 radical (unpaired) electrons. The van der Waals surface area contributed by atoms with Gasteiger partial charge in [0, 0.05) is 5.56 Å². The van der Waals surface area contributed by atoms with Gasteiger partial charge in [-0.15, -0.1) is 0 Å². The van der Waals surface area contributed by atoms with Gasteiger partial charge in [0.05, 0.1) is 0 Å². The second kappa shape index (κ2) is 6.17. The van der Waals surface area contributed by atoms with Gasteiger partial charge in [-0.2, -0.15) is 8.42 Å². The van der Waals surface area contributed by atoms with Gasteiger partial charge in [0.2, 0.25) is 17.4 Å². The van der Waals surface area contributed by atoms with Crippen molar-refractivity contribution in [1.82, 2.24) is 0 Å². The summed E-state index contributed by atoms with van der Waals surface area (Å²) < 4.78 is 60.6. The van der Waals surface area contributed by atoms with E-state index in [1.54, 1.807) is 6.07 Å². The first-order chi connectivity index (χ1) is 11.8. The number of rotatable bonds is 4. The van der Waals surface area contributed by atoms with Crippen LogP contribution < -0.4 is 5.73 Å². The lowest BCUT2D eigenvalue weighted by Crippen LogP contribution is -2.15. The summed E-state index contributed by atoms with van der Waals surface area (Å²) in [6, 6.07) is 9.82. The Kier molecular flexibility index (Phi) is 4.17. The number of ketones is 1. The smallest absolute Gasteiger partial charge is 0.339 e. The van der Waals surface area contributed by atoms with Crippen LogP contribution in [0.25, 0.3) is 0 Å². The molecule has 0 aliphatic carbocycles. The highest BCUT2D eigenvalue weighted by Crippen LogP contribution is 2.33. The SMILES string of the molecule is NC1=C(OS(=O)(=O)c2ccccc2)C(=O)C(c2ccc(F)c(F)c2)O1. The molecule has 130 valence electrons. The summed E-state index contributed by atoms with van der Waals surface area (Å²) in [4.78, 5) is 12.2. The number of carbonyl (C=O) groups excluding carboxylic acids is 1. The molecule has 2 N–H and O–H groups in total. The molecule has 1 aliphatic heterocycles. The van der Waals surface area contributed by atoms with Crippen molar-refractivity contribution in [2.45, 2.75) is 11.0 Å². The van der Waals surface area contributed by atoms with Crippen molar-refractivity contribution in [2.75, 3.05) is 0 Å². The molecule has 3 rings (SSSR count). The number of Topliss-reactive ketones (excluding diaryl/α,β-unsaturated/α-hetero) is 1. The summed E-state index contributed by atoms with van der Waals surface area (Å²) in [7, 11) is -4.30. The number of hydrogen-bond acceptors (Lipinski definition) is 6. The summed E-state index contributed by atoms with van der Waals surface area (Å²) >= 11 is 0. The minimum atomic E-state index is -4.30. The average Bonchev–Trinajstić information content (AvgIpc) is 2.86. The number of nitrogens with two attached hydrogens (primary N) is 1. The summed E-state index contributed by atoms with van der Waals surface area (Å²) in [5.41, 5.74) is 5.50. The van der Waals surface area contributed by atoms with E-state index >= 15 is 0 Å². The molecule has 1 heterocycles. The highest BCUT2D eigenvalue weighted by atomic mass is 32.2. The maximum absolute atomic E-state index is 13.3. The largest absolute Gasteiger partial charge is 0.460 e. The first-order valence-corrected chi connectivity index (χ1v) is 8.35. The first kappa shape index (κ1) is 16.9. The molecule has 0 aromatic heterocycles. The standard InChI is InChI=1S/C16H11F2NO5S/c17-11-7-6-9(8-12(11)18)14-13(20)15(16(19)23-14)24-25(21,22)10-4-2-1-3-5-10/h1-8,14H,19H2. The van der Waals surface area contributed by atoms with E-state index in [0.29, 0.717) is 0 Å². The fraction of sp³-hybridized carbons (Fsp3) is 0.0625. The van der Waals surface area contributed by atoms with Gasteiger partial charge < -0.3 is 14.7 Å². The molecule has 1 atom stereocenters. The Morgan fingerprint density at radius 1 is 1.04 bits per heavy atom. The molecule has 2 aromatic rings. The Hall–Kier alpha value is -2.94. The van der Waals surface area contributed by atoms with Crippen molar-refractivity contribution in [1.29, 1.82) is 0 Å². The Balaban J connectivity index is 1.87. The first-order valence-electron chi connectivity index (χ1n) is 6.94. The van der Waals surface area contributed by atoms with Crippen molar-refractivity contribution in [3.63, 3.8) is 0 Å². The van der Waals surface area contributed by atoms with Crippen molar-refractivity contribution < 1.29 is 30.9 Å². The third kappa shape index (κ3) is 3.18. The van der Waals surface area contributed by atoms with Crippen LogP contribution >= 0.6 is 0 Å². The van der Waals surface area contributed by atoms with Gasteiger partial charge in [0.25, 0.3) is 0 Å². The molecule has 0 bridgehead atoms. The molecular formula is C16H11F2NO5S. The topological polar surface area (TPSA) is 95.7 Å². The van der Waals surface area contributed by atoms with Crippen LogP contribution in [0, 0.1) is 11.6 Å². The van der Waals surface area contributed by atoms with Crippen LogP contribution in [-0.2, 0) is 23.8 Å². The van der Waals surface area contributed by atoms with Crippen molar-refractivity contribution in [3.8, 4) is 0 Å². The monoisotopic (exact) mass is 367 g/mol. The second-order valence-corrected chi connectivity index (χ2v) is 6.63. The maximum Gasteiger partial charge on any atom is 0.339 e. The van der Waals surface area contributed by atoms with Gasteiger partial charge >= 0.3 is 10.1 Å². The zero-order valence-corrected chi connectivity index (χ0v) is 13.3. The molecule has 6 nitrogen and oxygen atoms in total. The maximum atomic E-state index is 13.3. The zero-order chi connectivity index (χ0) is 18.2. The number of hydrogen-bond donors (Lipinski definition) is 1.